The normalized spacial score (nSPS) is 19.9. The predicted octanol–water partition coefficient (Wildman–Crippen LogP) is -0.548. The van der Waals surface area contributed by atoms with Crippen LogP contribution in [-0.2, 0) is 9.53 Å². The standard InChI is InChI=1S/C8H16N2O2/c1-6(12-3)8(11)10(2)7-4-9-5-7/h6-7,9H,4-5H2,1-3H3. The second-order valence-corrected chi connectivity index (χ2v) is 3.14. The van der Waals surface area contributed by atoms with E-state index in [1.807, 2.05) is 7.05 Å². The first-order chi connectivity index (χ1) is 5.66. The highest BCUT2D eigenvalue weighted by molar-refractivity contribution is 5.80. The number of likely N-dealkylation sites (N-methyl/N-ethyl adjacent to an activating group) is 1. The maximum Gasteiger partial charge on any atom is 0.251 e. The molecule has 12 heavy (non-hydrogen) atoms. The van der Waals surface area contributed by atoms with Gasteiger partial charge in [-0.1, -0.05) is 0 Å². The number of nitrogens with zero attached hydrogens (tertiary/aromatic N) is 1. The Hall–Kier alpha value is -0.610. The first kappa shape index (κ1) is 9.48. The molecule has 1 aliphatic rings. The monoisotopic (exact) mass is 172 g/mol. The summed E-state index contributed by atoms with van der Waals surface area (Å²) < 4.78 is 4.94. The first-order valence-corrected chi connectivity index (χ1v) is 4.17. The average Bonchev–Trinajstić information content (AvgIpc) is 1.98. The third-order valence-corrected chi connectivity index (χ3v) is 2.36. The zero-order valence-corrected chi connectivity index (χ0v) is 7.83. The van der Waals surface area contributed by atoms with Crippen LogP contribution < -0.4 is 5.32 Å². The molecule has 0 aromatic rings. The van der Waals surface area contributed by atoms with Crippen LogP contribution >= 0.6 is 0 Å². The number of rotatable bonds is 3. The van der Waals surface area contributed by atoms with Crippen molar-refractivity contribution >= 4 is 5.91 Å². The molecule has 0 aromatic heterocycles. The molecule has 0 aromatic carbocycles. The highest BCUT2D eigenvalue weighted by Crippen LogP contribution is 2.05. The minimum atomic E-state index is -0.324. The number of amides is 1. The smallest absolute Gasteiger partial charge is 0.251 e. The second kappa shape index (κ2) is 3.87. The molecule has 1 heterocycles. The highest BCUT2D eigenvalue weighted by atomic mass is 16.5. The lowest BCUT2D eigenvalue weighted by atomic mass is 10.1. The highest BCUT2D eigenvalue weighted by Gasteiger charge is 2.27. The molecule has 0 bridgehead atoms. The van der Waals surface area contributed by atoms with Gasteiger partial charge in [-0.15, -0.1) is 0 Å². The van der Waals surface area contributed by atoms with Crippen LogP contribution in [0.2, 0.25) is 0 Å². The third kappa shape index (κ3) is 1.76. The van der Waals surface area contributed by atoms with E-state index in [2.05, 4.69) is 5.32 Å². The lowest BCUT2D eigenvalue weighted by molar-refractivity contribution is -0.142. The van der Waals surface area contributed by atoms with Crippen molar-refractivity contribution in [2.45, 2.75) is 19.1 Å². The van der Waals surface area contributed by atoms with Crippen molar-refractivity contribution in [2.24, 2.45) is 0 Å². The molecule has 1 atom stereocenters. The van der Waals surface area contributed by atoms with Crippen molar-refractivity contribution in [3.63, 3.8) is 0 Å². The third-order valence-electron chi connectivity index (χ3n) is 2.36. The molecule has 1 fully saturated rings. The molecule has 1 amide bonds. The van der Waals surface area contributed by atoms with E-state index in [9.17, 15) is 4.79 Å². The van der Waals surface area contributed by atoms with Gasteiger partial charge in [0.25, 0.3) is 5.91 Å². The molecule has 0 aliphatic carbocycles. The van der Waals surface area contributed by atoms with Crippen LogP contribution in [0.3, 0.4) is 0 Å². The molecule has 1 aliphatic heterocycles. The molecule has 1 saturated heterocycles. The summed E-state index contributed by atoms with van der Waals surface area (Å²) in [5.41, 5.74) is 0. The van der Waals surface area contributed by atoms with Crippen molar-refractivity contribution in [3.8, 4) is 0 Å². The molecular weight excluding hydrogens is 156 g/mol. The van der Waals surface area contributed by atoms with Crippen molar-refractivity contribution in [1.82, 2.24) is 10.2 Å². The van der Waals surface area contributed by atoms with Crippen LogP contribution in [0.4, 0.5) is 0 Å². The molecule has 0 spiro atoms. The van der Waals surface area contributed by atoms with E-state index in [4.69, 9.17) is 4.74 Å². The Morgan fingerprint density at radius 2 is 2.25 bits per heavy atom. The van der Waals surface area contributed by atoms with E-state index in [0.29, 0.717) is 6.04 Å². The molecule has 1 rings (SSSR count). The Morgan fingerprint density at radius 1 is 1.67 bits per heavy atom. The van der Waals surface area contributed by atoms with E-state index in [1.54, 1.807) is 18.9 Å². The quantitative estimate of drug-likeness (QED) is 0.621. The predicted molar refractivity (Wildman–Crippen MR) is 45.9 cm³/mol. The summed E-state index contributed by atoms with van der Waals surface area (Å²) in [7, 11) is 3.37. The first-order valence-electron chi connectivity index (χ1n) is 4.17. The van der Waals surface area contributed by atoms with Crippen LogP contribution in [0, 0.1) is 0 Å². The summed E-state index contributed by atoms with van der Waals surface area (Å²) in [5.74, 6) is 0.0593. The Kier molecular flexibility index (Phi) is 3.05. The fourth-order valence-electron chi connectivity index (χ4n) is 1.11. The van der Waals surface area contributed by atoms with Crippen LogP contribution in [-0.4, -0.2) is 50.2 Å². The van der Waals surface area contributed by atoms with Gasteiger partial charge in [-0.25, -0.2) is 0 Å². The van der Waals surface area contributed by atoms with Gasteiger partial charge in [0.15, 0.2) is 0 Å². The van der Waals surface area contributed by atoms with E-state index in [0.717, 1.165) is 13.1 Å². The summed E-state index contributed by atoms with van der Waals surface area (Å²) in [4.78, 5) is 13.2. The van der Waals surface area contributed by atoms with Crippen LogP contribution in [0.25, 0.3) is 0 Å². The molecule has 1 N–H and O–H groups in total. The van der Waals surface area contributed by atoms with Gasteiger partial charge in [0, 0.05) is 27.2 Å². The van der Waals surface area contributed by atoms with E-state index < -0.39 is 0 Å². The Bertz CT molecular complexity index is 168. The van der Waals surface area contributed by atoms with E-state index in [1.165, 1.54) is 0 Å². The van der Waals surface area contributed by atoms with Crippen molar-refractivity contribution in [2.75, 3.05) is 27.2 Å². The zero-order chi connectivity index (χ0) is 9.14. The van der Waals surface area contributed by atoms with Gasteiger partial charge < -0.3 is 15.0 Å². The number of hydrogen-bond donors (Lipinski definition) is 1. The summed E-state index contributed by atoms with van der Waals surface area (Å²) in [6, 6.07) is 0.357. The molecule has 4 heteroatoms. The lowest BCUT2D eigenvalue weighted by Crippen LogP contribution is -2.58. The van der Waals surface area contributed by atoms with Crippen LogP contribution in [0.15, 0.2) is 0 Å². The van der Waals surface area contributed by atoms with Gasteiger partial charge in [-0.05, 0) is 6.92 Å². The largest absolute Gasteiger partial charge is 0.372 e. The number of carbonyl (C=O) groups is 1. The second-order valence-electron chi connectivity index (χ2n) is 3.14. The molecule has 70 valence electrons. The van der Waals surface area contributed by atoms with Gasteiger partial charge in [-0.3, -0.25) is 4.79 Å². The summed E-state index contributed by atoms with van der Waals surface area (Å²) in [6.07, 6.45) is -0.324. The Labute approximate surface area is 72.9 Å². The van der Waals surface area contributed by atoms with Gasteiger partial charge >= 0.3 is 0 Å². The minimum Gasteiger partial charge on any atom is -0.372 e. The Balaban J connectivity index is 2.39. The number of ether oxygens (including phenoxy) is 1. The van der Waals surface area contributed by atoms with Gasteiger partial charge in [-0.2, -0.15) is 0 Å². The number of methoxy groups -OCH3 is 1. The maximum absolute atomic E-state index is 11.5. The van der Waals surface area contributed by atoms with Crippen LogP contribution in [0.5, 0.6) is 0 Å². The van der Waals surface area contributed by atoms with Gasteiger partial charge in [0.05, 0.1) is 6.04 Å². The van der Waals surface area contributed by atoms with Crippen molar-refractivity contribution in [1.29, 1.82) is 0 Å². The zero-order valence-electron chi connectivity index (χ0n) is 7.83. The summed E-state index contributed by atoms with van der Waals surface area (Å²) >= 11 is 0. The molecular formula is C8H16N2O2. The van der Waals surface area contributed by atoms with E-state index >= 15 is 0 Å². The maximum atomic E-state index is 11.5. The number of hydrogen-bond acceptors (Lipinski definition) is 3. The molecule has 0 radical (unpaired) electrons. The van der Waals surface area contributed by atoms with Gasteiger partial charge in [0.2, 0.25) is 0 Å². The van der Waals surface area contributed by atoms with Crippen molar-refractivity contribution in [3.05, 3.63) is 0 Å². The van der Waals surface area contributed by atoms with Crippen molar-refractivity contribution < 1.29 is 9.53 Å². The number of carbonyl (C=O) groups excluding carboxylic acids is 1. The van der Waals surface area contributed by atoms with Crippen LogP contribution in [0.1, 0.15) is 6.92 Å². The molecule has 4 nitrogen and oxygen atoms in total. The Morgan fingerprint density at radius 3 is 2.58 bits per heavy atom. The number of nitrogens with one attached hydrogen (secondary N) is 1. The lowest BCUT2D eigenvalue weighted by Gasteiger charge is -2.36. The molecule has 1 unspecified atom stereocenters. The topological polar surface area (TPSA) is 41.6 Å². The SMILES string of the molecule is COC(C)C(=O)N(C)C1CNC1. The summed E-state index contributed by atoms with van der Waals surface area (Å²) in [6.45, 7) is 3.57. The molecule has 0 saturated carbocycles. The van der Waals surface area contributed by atoms with Gasteiger partial charge in [0.1, 0.15) is 6.10 Å². The fourth-order valence-corrected chi connectivity index (χ4v) is 1.11. The fraction of sp³-hybridized carbons (Fsp3) is 0.875. The average molecular weight is 172 g/mol. The summed E-state index contributed by atoms with van der Waals surface area (Å²) in [5, 5.41) is 3.12. The minimum absolute atomic E-state index is 0.0593. The van der Waals surface area contributed by atoms with E-state index in [-0.39, 0.29) is 12.0 Å².